The van der Waals surface area contributed by atoms with Gasteiger partial charge in [0.2, 0.25) is 17.8 Å². The molecule has 1 aromatic carbocycles. The number of aliphatic imine (C=N–C) groups is 2. The standard InChI is InChI=1S/C27H34N6O4/c1-19-14-22-15-23(5-6-24(22)37-19)31-27(30-18-28)29-16-21-4-2-3-10-33(26(21)36)17-25(35)32-11-7-20(8-12-32)9-13-34/h5-6,14-16,20-21,34H,2-4,7-13,17H2,1H3,(H,30,31)/b29-16-. The molecule has 10 heteroatoms. The van der Waals surface area contributed by atoms with Crippen LogP contribution in [0.1, 0.15) is 44.3 Å². The molecule has 2 aromatic rings. The van der Waals surface area contributed by atoms with Gasteiger partial charge in [-0.05, 0) is 69.2 Å². The van der Waals surface area contributed by atoms with Gasteiger partial charge in [0, 0.05) is 37.8 Å². The monoisotopic (exact) mass is 506 g/mol. The SMILES string of the molecule is Cc1cc2cc(N=C(/N=C\C3CCCCN(CC(=O)N4CCC(CCO)CC4)C3=O)NC#N)ccc2o1. The van der Waals surface area contributed by atoms with Crippen molar-refractivity contribution in [2.75, 3.05) is 32.8 Å². The highest BCUT2D eigenvalue weighted by molar-refractivity contribution is 6.00. The smallest absolute Gasteiger partial charge is 0.242 e. The largest absolute Gasteiger partial charge is 0.461 e. The van der Waals surface area contributed by atoms with Crippen molar-refractivity contribution in [2.45, 2.75) is 45.4 Å². The van der Waals surface area contributed by atoms with Gasteiger partial charge in [0.15, 0.2) is 6.19 Å². The molecule has 2 aliphatic rings. The van der Waals surface area contributed by atoms with Crippen molar-refractivity contribution in [2.24, 2.45) is 21.8 Å². The quantitative estimate of drug-likeness (QED) is 0.268. The predicted molar refractivity (Wildman–Crippen MR) is 140 cm³/mol. The molecule has 10 nitrogen and oxygen atoms in total. The lowest BCUT2D eigenvalue weighted by atomic mass is 9.94. The zero-order valence-electron chi connectivity index (χ0n) is 21.2. The highest BCUT2D eigenvalue weighted by Gasteiger charge is 2.30. The number of hydrogen-bond acceptors (Lipinski definition) is 6. The highest BCUT2D eigenvalue weighted by Crippen LogP contribution is 2.25. The van der Waals surface area contributed by atoms with Crippen LogP contribution in [0.4, 0.5) is 5.69 Å². The average Bonchev–Trinajstić information content (AvgIpc) is 3.17. The van der Waals surface area contributed by atoms with Crippen molar-refractivity contribution in [1.82, 2.24) is 15.1 Å². The molecule has 0 spiro atoms. The van der Waals surface area contributed by atoms with Gasteiger partial charge in [-0.15, -0.1) is 0 Å². The molecule has 0 saturated carbocycles. The lowest BCUT2D eigenvalue weighted by molar-refractivity contribution is -0.142. The van der Waals surface area contributed by atoms with Crippen LogP contribution in [0.5, 0.6) is 0 Å². The summed E-state index contributed by atoms with van der Waals surface area (Å²) in [7, 11) is 0. The Bertz CT molecular complexity index is 1210. The van der Waals surface area contributed by atoms with Crippen molar-refractivity contribution in [1.29, 1.82) is 5.26 Å². The van der Waals surface area contributed by atoms with Gasteiger partial charge in [-0.2, -0.15) is 5.26 Å². The number of benzene rings is 1. The van der Waals surface area contributed by atoms with E-state index in [1.54, 1.807) is 11.0 Å². The van der Waals surface area contributed by atoms with E-state index in [4.69, 9.17) is 9.52 Å². The van der Waals surface area contributed by atoms with Crippen LogP contribution in [0.2, 0.25) is 0 Å². The summed E-state index contributed by atoms with van der Waals surface area (Å²) in [6.07, 6.45) is 8.22. The Labute approximate surface area is 216 Å². The lowest BCUT2D eigenvalue weighted by Gasteiger charge is -2.33. The van der Waals surface area contributed by atoms with Crippen molar-refractivity contribution in [3.63, 3.8) is 0 Å². The van der Waals surface area contributed by atoms with Gasteiger partial charge >= 0.3 is 0 Å². The van der Waals surface area contributed by atoms with E-state index in [-0.39, 0.29) is 30.9 Å². The number of piperidine rings is 1. The number of carbonyl (C=O) groups excluding carboxylic acids is 2. The summed E-state index contributed by atoms with van der Waals surface area (Å²) in [5.74, 6) is 0.689. The minimum atomic E-state index is -0.490. The molecular weight excluding hydrogens is 472 g/mol. The van der Waals surface area contributed by atoms with E-state index in [2.05, 4.69) is 15.3 Å². The summed E-state index contributed by atoms with van der Waals surface area (Å²) in [4.78, 5) is 38.4. The van der Waals surface area contributed by atoms with E-state index >= 15 is 0 Å². The van der Waals surface area contributed by atoms with Crippen LogP contribution in [0.25, 0.3) is 11.0 Å². The number of furan rings is 1. The minimum absolute atomic E-state index is 0.0355. The van der Waals surface area contributed by atoms with Crippen LogP contribution >= 0.6 is 0 Å². The number of guanidine groups is 1. The van der Waals surface area contributed by atoms with Gasteiger partial charge in [0.25, 0.3) is 0 Å². The molecule has 2 amide bonds. The van der Waals surface area contributed by atoms with E-state index in [1.165, 1.54) is 6.21 Å². The van der Waals surface area contributed by atoms with E-state index in [9.17, 15) is 14.9 Å². The van der Waals surface area contributed by atoms with Gasteiger partial charge in [-0.25, -0.2) is 9.98 Å². The lowest BCUT2D eigenvalue weighted by Crippen LogP contribution is -2.47. The van der Waals surface area contributed by atoms with Crippen molar-refractivity contribution >= 4 is 40.6 Å². The highest BCUT2D eigenvalue weighted by atomic mass is 16.3. The fourth-order valence-electron chi connectivity index (χ4n) is 5.00. The molecule has 2 saturated heterocycles. The molecule has 1 unspecified atom stereocenters. The van der Waals surface area contributed by atoms with Gasteiger partial charge in [0.05, 0.1) is 18.2 Å². The third-order valence-electron chi connectivity index (χ3n) is 7.06. The van der Waals surface area contributed by atoms with Crippen LogP contribution in [-0.4, -0.2) is 71.7 Å². The number of nitrogens with one attached hydrogen (secondary N) is 1. The normalized spacial score (nSPS) is 19.9. The number of nitrogens with zero attached hydrogens (tertiary/aromatic N) is 5. The number of aryl methyl sites for hydroxylation is 1. The fraction of sp³-hybridized carbons (Fsp3) is 0.519. The molecule has 1 aromatic heterocycles. The average molecular weight is 507 g/mol. The number of likely N-dealkylation sites (tertiary alicyclic amines) is 2. The van der Waals surface area contributed by atoms with E-state index in [0.29, 0.717) is 37.7 Å². The van der Waals surface area contributed by atoms with Crippen LogP contribution in [-0.2, 0) is 9.59 Å². The van der Waals surface area contributed by atoms with E-state index in [0.717, 1.165) is 48.8 Å². The molecule has 2 aliphatic heterocycles. The van der Waals surface area contributed by atoms with Crippen LogP contribution in [0, 0.1) is 30.2 Å². The predicted octanol–water partition coefficient (Wildman–Crippen LogP) is 3.12. The first-order valence-electron chi connectivity index (χ1n) is 12.9. The summed E-state index contributed by atoms with van der Waals surface area (Å²) in [6, 6.07) is 7.34. The van der Waals surface area contributed by atoms with Crippen LogP contribution in [0.15, 0.2) is 38.7 Å². The first-order chi connectivity index (χ1) is 18.0. The minimum Gasteiger partial charge on any atom is -0.461 e. The van der Waals surface area contributed by atoms with Gasteiger partial charge < -0.3 is 19.3 Å². The Morgan fingerprint density at radius 3 is 2.81 bits per heavy atom. The molecule has 196 valence electrons. The van der Waals surface area contributed by atoms with Gasteiger partial charge in [-0.3, -0.25) is 14.9 Å². The third kappa shape index (κ3) is 6.95. The Balaban J connectivity index is 1.41. The summed E-state index contributed by atoms with van der Waals surface area (Å²) in [6.45, 7) is 3.99. The summed E-state index contributed by atoms with van der Waals surface area (Å²) in [5, 5.41) is 21.7. The number of amides is 2. The number of aliphatic hydroxyl groups excluding tert-OH is 1. The Morgan fingerprint density at radius 2 is 2.05 bits per heavy atom. The number of aliphatic hydroxyl groups is 1. The molecule has 0 radical (unpaired) electrons. The number of carbonyl (C=O) groups is 2. The van der Waals surface area contributed by atoms with Gasteiger partial charge in [0.1, 0.15) is 11.3 Å². The maximum absolute atomic E-state index is 13.3. The van der Waals surface area contributed by atoms with Crippen molar-refractivity contribution < 1.29 is 19.1 Å². The van der Waals surface area contributed by atoms with E-state index in [1.807, 2.05) is 36.2 Å². The summed E-state index contributed by atoms with van der Waals surface area (Å²) >= 11 is 0. The summed E-state index contributed by atoms with van der Waals surface area (Å²) in [5.41, 5.74) is 1.35. The Morgan fingerprint density at radius 1 is 1.24 bits per heavy atom. The van der Waals surface area contributed by atoms with Crippen molar-refractivity contribution in [3.8, 4) is 6.19 Å². The molecule has 37 heavy (non-hydrogen) atoms. The first-order valence-corrected chi connectivity index (χ1v) is 12.9. The molecule has 3 heterocycles. The zero-order chi connectivity index (χ0) is 26.2. The molecule has 2 fully saturated rings. The first kappa shape index (κ1) is 26.4. The number of hydrogen-bond donors (Lipinski definition) is 2. The summed E-state index contributed by atoms with van der Waals surface area (Å²) < 4.78 is 5.59. The van der Waals surface area contributed by atoms with Crippen LogP contribution in [0.3, 0.4) is 0 Å². The topological polar surface area (TPSA) is 135 Å². The molecule has 1 atom stereocenters. The number of rotatable bonds is 6. The third-order valence-corrected chi connectivity index (χ3v) is 7.06. The Hall–Kier alpha value is -3.71. The fourth-order valence-corrected chi connectivity index (χ4v) is 5.00. The molecule has 0 bridgehead atoms. The maximum Gasteiger partial charge on any atom is 0.242 e. The molecular formula is C27H34N6O4. The number of fused-ring (bicyclic) bond motifs is 1. The van der Waals surface area contributed by atoms with Gasteiger partial charge in [-0.1, -0.05) is 6.42 Å². The second kappa shape index (κ2) is 12.5. The molecule has 2 N–H and O–H groups in total. The second-order valence-electron chi connectivity index (χ2n) is 9.73. The molecule has 0 aliphatic carbocycles. The van der Waals surface area contributed by atoms with Crippen molar-refractivity contribution in [3.05, 3.63) is 30.0 Å². The Kier molecular flexibility index (Phi) is 8.90. The number of nitriles is 1. The molecule has 4 rings (SSSR count). The second-order valence-corrected chi connectivity index (χ2v) is 9.73. The van der Waals surface area contributed by atoms with E-state index < -0.39 is 5.92 Å². The van der Waals surface area contributed by atoms with Crippen LogP contribution < -0.4 is 5.32 Å². The zero-order valence-corrected chi connectivity index (χ0v) is 21.2. The maximum atomic E-state index is 13.3.